The predicted octanol–water partition coefficient (Wildman–Crippen LogP) is 1.53. The number of hydrogen-bond donors (Lipinski definition) is 1. The molecular formula is C18H31ClN4O. The van der Waals surface area contributed by atoms with Crippen molar-refractivity contribution in [2.75, 3.05) is 77.5 Å². The molecule has 2 aliphatic rings. The topological polar surface area (TPSA) is 31.0 Å². The molecule has 1 aromatic rings. The normalized spacial score (nSPS) is 19.8. The van der Waals surface area contributed by atoms with E-state index in [2.05, 4.69) is 51.3 Å². The van der Waals surface area contributed by atoms with Gasteiger partial charge < -0.3 is 24.8 Å². The molecule has 0 bridgehead atoms. The van der Waals surface area contributed by atoms with Crippen LogP contribution in [0.25, 0.3) is 0 Å². The summed E-state index contributed by atoms with van der Waals surface area (Å²) in [7, 11) is 2.20. The van der Waals surface area contributed by atoms with E-state index in [0.29, 0.717) is 0 Å². The molecule has 2 heterocycles. The molecular weight excluding hydrogens is 324 g/mol. The Morgan fingerprint density at radius 2 is 1.62 bits per heavy atom. The molecule has 136 valence electrons. The van der Waals surface area contributed by atoms with Crippen LogP contribution in [0.3, 0.4) is 0 Å². The number of halogens is 1. The van der Waals surface area contributed by atoms with Crippen LogP contribution in [0.4, 0.5) is 5.69 Å². The molecule has 24 heavy (non-hydrogen) atoms. The summed E-state index contributed by atoms with van der Waals surface area (Å²) < 4.78 is 5.89. The molecule has 0 spiro atoms. The second-order valence-corrected chi connectivity index (χ2v) is 6.58. The maximum absolute atomic E-state index is 5.89. The largest absolute Gasteiger partial charge is 0.494 e. The van der Waals surface area contributed by atoms with Crippen molar-refractivity contribution in [3.8, 4) is 5.75 Å². The Kier molecular flexibility index (Phi) is 8.12. The van der Waals surface area contributed by atoms with E-state index in [4.69, 9.17) is 4.74 Å². The number of likely N-dealkylation sites (N-methyl/N-ethyl adjacent to an activating group) is 1. The Bertz CT molecular complexity index is 457. The average Bonchev–Trinajstić information content (AvgIpc) is 2.62. The fourth-order valence-electron chi connectivity index (χ4n) is 3.23. The first kappa shape index (κ1) is 19.3. The molecule has 0 unspecified atom stereocenters. The van der Waals surface area contributed by atoms with Gasteiger partial charge in [0, 0.05) is 64.6 Å². The first-order valence-electron chi connectivity index (χ1n) is 8.91. The quantitative estimate of drug-likeness (QED) is 0.783. The van der Waals surface area contributed by atoms with E-state index in [1.807, 2.05) is 0 Å². The molecule has 0 aliphatic carbocycles. The van der Waals surface area contributed by atoms with Gasteiger partial charge in [0.05, 0.1) is 6.61 Å². The van der Waals surface area contributed by atoms with Crippen molar-refractivity contribution in [2.24, 2.45) is 0 Å². The standard InChI is InChI=1S/C18H30N4O.ClH/c1-20-12-14-21(15-13-20)9-2-16-23-18-5-3-17(4-6-18)22-10-7-19-8-11-22;/h3-6,19H,2,7-16H2,1H3;1H. The van der Waals surface area contributed by atoms with E-state index in [1.165, 1.54) is 31.9 Å². The lowest BCUT2D eigenvalue weighted by Crippen LogP contribution is -2.44. The predicted molar refractivity (Wildman–Crippen MR) is 103 cm³/mol. The third-order valence-corrected chi connectivity index (χ3v) is 4.80. The number of ether oxygens (including phenoxy) is 1. The monoisotopic (exact) mass is 354 g/mol. The molecule has 0 saturated carbocycles. The summed E-state index contributed by atoms with van der Waals surface area (Å²) in [4.78, 5) is 7.36. The van der Waals surface area contributed by atoms with Gasteiger partial charge in [0.1, 0.15) is 5.75 Å². The number of anilines is 1. The van der Waals surface area contributed by atoms with Crippen LogP contribution in [0.15, 0.2) is 24.3 Å². The van der Waals surface area contributed by atoms with Crippen LogP contribution in [0.5, 0.6) is 5.75 Å². The van der Waals surface area contributed by atoms with Gasteiger partial charge in [0.2, 0.25) is 0 Å². The summed E-state index contributed by atoms with van der Waals surface area (Å²) in [6, 6.07) is 8.57. The highest BCUT2D eigenvalue weighted by molar-refractivity contribution is 5.85. The third-order valence-electron chi connectivity index (χ3n) is 4.80. The highest BCUT2D eigenvalue weighted by atomic mass is 35.5. The molecule has 2 saturated heterocycles. The van der Waals surface area contributed by atoms with Crippen LogP contribution in [-0.4, -0.2) is 82.4 Å². The Hall–Kier alpha value is -1.01. The molecule has 2 fully saturated rings. The number of nitrogens with zero attached hydrogens (tertiary/aromatic N) is 3. The van der Waals surface area contributed by atoms with E-state index >= 15 is 0 Å². The maximum atomic E-state index is 5.89. The summed E-state index contributed by atoms with van der Waals surface area (Å²) in [5, 5.41) is 3.39. The van der Waals surface area contributed by atoms with Crippen molar-refractivity contribution in [3.05, 3.63) is 24.3 Å². The Morgan fingerprint density at radius 1 is 0.958 bits per heavy atom. The fourth-order valence-corrected chi connectivity index (χ4v) is 3.23. The van der Waals surface area contributed by atoms with Gasteiger partial charge in [-0.15, -0.1) is 12.4 Å². The molecule has 2 aliphatic heterocycles. The number of nitrogens with one attached hydrogen (secondary N) is 1. The Labute approximate surface area is 152 Å². The van der Waals surface area contributed by atoms with E-state index in [-0.39, 0.29) is 12.4 Å². The SMILES string of the molecule is CN1CCN(CCCOc2ccc(N3CCNCC3)cc2)CC1.Cl. The second-order valence-electron chi connectivity index (χ2n) is 6.58. The number of hydrogen-bond acceptors (Lipinski definition) is 5. The number of rotatable bonds is 6. The van der Waals surface area contributed by atoms with Crippen LogP contribution in [0.1, 0.15) is 6.42 Å². The molecule has 3 rings (SSSR count). The van der Waals surface area contributed by atoms with Crippen molar-refractivity contribution >= 4 is 18.1 Å². The minimum absolute atomic E-state index is 0. The summed E-state index contributed by atoms with van der Waals surface area (Å²) >= 11 is 0. The number of piperazine rings is 2. The second kappa shape index (κ2) is 10.1. The van der Waals surface area contributed by atoms with Crippen molar-refractivity contribution in [1.82, 2.24) is 15.1 Å². The van der Waals surface area contributed by atoms with Crippen LogP contribution in [0, 0.1) is 0 Å². The summed E-state index contributed by atoms with van der Waals surface area (Å²) in [5.74, 6) is 0.988. The van der Waals surface area contributed by atoms with Crippen molar-refractivity contribution in [3.63, 3.8) is 0 Å². The Balaban J connectivity index is 0.00000208. The lowest BCUT2D eigenvalue weighted by atomic mass is 10.2. The van der Waals surface area contributed by atoms with Gasteiger partial charge in [-0.2, -0.15) is 0 Å². The van der Waals surface area contributed by atoms with Crippen LogP contribution in [-0.2, 0) is 0 Å². The zero-order valence-corrected chi connectivity index (χ0v) is 15.6. The molecule has 0 amide bonds. The van der Waals surface area contributed by atoms with Gasteiger partial charge in [-0.1, -0.05) is 0 Å². The van der Waals surface area contributed by atoms with E-state index in [9.17, 15) is 0 Å². The zero-order chi connectivity index (χ0) is 15.9. The molecule has 0 aromatic heterocycles. The van der Waals surface area contributed by atoms with Crippen molar-refractivity contribution < 1.29 is 4.74 Å². The Morgan fingerprint density at radius 3 is 2.29 bits per heavy atom. The van der Waals surface area contributed by atoms with Gasteiger partial charge in [0.25, 0.3) is 0 Å². The first-order chi connectivity index (χ1) is 11.3. The van der Waals surface area contributed by atoms with Gasteiger partial charge >= 0.3 is 0 Å². The fraction of sp³-hybridized carbons (Fsp3) is 0.667. The molecule has 1 N–H and O–H groups in total. The summed E-state index contributed by atoms with van der Waals surface area (Å²) in [5.41, 5.74) is 1.30. The van der Waals surface area contributed by atoms with Gasteiger partial charge in [-0.25, -0.2) is 0 Å². The van der Waals surface area contributed by atoms with E-state index < -0.39 is 0 Å². The highest BCUT2D eigenvalue weighted by Crippen LogP contribution is 2.20. The molecule has 5 nitrogen and oxygen atoms in total. The molecule has 0 radical (unpaired) electrons. The third kappa shape index (κ3) is 5.81. The maximum Gasteiger partial charge on any atom is 0.119 e. The number of benzene rings is 1. The summed E-state index contributed by atoms with van der Waals surface area (Å²) in [6.45, 7) is 11.0. The average molecular weight is 355 g/mol. The van der Waals surface area contributed by atoms with Crippen molar-refractivity contribution in [1.29, 1.82) is 0 Å². The summed E-state index contributed by atoms with van der Waals surface area (Å²) in [6.07, 6.45) is 1.10. The van der Waals surface area contributed by atoms with E-state index in [1.54, 1.807) is 0 Å². The molecule has 0 atom stereocenters. The minimum Gasteiger partial charge on any atom is -0.494 e. The molecule has 6 heteroatoms. The first-order valence-corrected chi connectivity index (χ1v) is 8.91. The van der Waals surface area contributed by atoms with Crippen LogP contribution < -0.4 is 15.0 Å². The van der Waals surface area contributed by atoms with Crippen molar-refractivity contribution in [2.45, 2.75) is 6.42 Å². The minimum atomic E-state index is 0. The van der Waals surface area contributed by atoms with Gasteiger partial charge in [-0.05, 0) is 37.7 Å². The van der Waals surface area contributed by atoms with E-state index in [0.717, 1.165) is 51.5 Å². The highest BCUT2D eigenvalue weighted by Gasteiger charge is 2.13. The van der Waals surface area contributed by atoms with Gasteiger partial charge in [-0.3, -0.25) is 0 Å². The van der Waals surface area contributed by atoms with Crippen LogP contribution in [0.2, 0.25) is 0 Å². The lowest BCUT2D eigenvalue weighted by molar-refractivity contribution is 0.145. The molecule has 1 aromatic carbocycles. The smallest absolute Gasteiger partial charge is 0.119 e. The lowest BCUT2D eigenvalue weighted by Gasteiger charge is -2.32. The zero-order valence-electron chi connectivity index (χ0n) is 14.7. The van der Waals surface area contributed by atoms with Crippen LogP contribution >= 0.6 is 12.4 Å². The van der Waals surface area contributed by atoms with Gasteiger partial charge in [0.15, 0.2) is 0 Å².